The molecule has 0 atom stereocenters. The number of fused-ring (bicyclic) bond motifs is 1. The standard InChI is InChI=1S/C22H13ClF3N3O4S/c23-16-8-9-17(28-34(32,33)15-6-4-13(5-7-15)22(24,25)26)19-18(16)20(30)29(21(19)31)14-3-1-2-12(10-14)11-27/h1-4,6,8-10,28H,5,7H2. The fourth-order valence-electron chi connectivity index (χ4n) is 3.65. The molecule has 2 aliphatic rings. The van der Waals surface area contributed by atoms with Crippen LogP contribution >= 0.6 is 11.6 Å². The fraction of sp³-hybridized carbons (Fsp3) is 0.136. The number of nitriles is 1. The van der Waals surface area contributed by atoms with Crippen LogP contribution in [0, 0.1) is 11.3 Å². The van der Waals surface area contributed by atoms with E-state index in [1.165, 1.54) is 36.4 Å². The quantitative estimate of drug-likeness (QED) is 0.591. The summed E-state index contributed by atoms with van der Waals surface area (Å²) in [7, 11) is -4.34. The number of nitrogens with zero attached hydrogens (tertiary/aromatic N) is 2. The minimum atomic E-state index is -4.56. The molecule has 1 heterocycles. The number of nitrogens with one attached hydrogen (secondary N) is 1. The van der Waals surface area contributed by atoms with E-state index in [0.29, 0.717) is 6.08 Å². The summed E-state index contributed by atoms with van der Waals surface area (Å²) >= 11 is 6.14. The Bertz CT molecular complexity index is 1460. The van der Waals surface area contributed by atoms with E-state index in [1.54, 1.807) is 0 Å². The number of hydrogen-bond donors (Lipinski definition) is 1. The number of carbonyl (C=O) groups excluding carboxylic acids is 2. The van der Waals surface area contributed by atoms with Gasteiger partial charge >= 0.3 is 6.18 Å². The third-order valence-electron chi connectivity index (χ3n) is 5.29. The zero-order valence-corrected chi connectivity index (χ0v) is 18.6. The molecule has 12 heteroatoms. The molecule has 0 aromatic heterocycles. The molecule has 34 heavy (non-hydrogen) atoms. The van der Waals surface area contributed by atoms with Gasteiger partial charge in [0.2, 0.25) is 0 Å². The number of benzene rings is 2. The van der Waals surface area contributed by atoms with E-state index in [0.717, 1.165) is 11.0 Å². The zero-order valence-electron chi connectivity index (χ0n) is 17.0. The molecule has 0 saturated heterocycles. The van der Waals surface area contributed by atoms with Gasteiger partial charge in [0.15, 0.2) is 0 Å². The van der Waals surface area contributed by atoms with Crippen molar-refractivity contribution in [3.05, 3.63) is 80.7 Å². The second-order valence-electron chi connectivity index (χ2n) is 7.38. The van der Waals surface area contributed by atoms with Gasteiger partial charge in [-0.25, -0.2) is 13.3 Å². The first-order valence-electron chi connectivity index (χ1n) is 9.65. The summed E-state index contributed by atoms with van der Waals surface area (Å²) in [6.45, 7) is 0. The van der Waals surface area contributed by atoms with Crippen LogP contribution in [-0.4, -0.2) is 26.4 Å². The smallest absolute Gasteiger partial charge is 0.279 e. The maximum atomic E-state index is 13.2. The summed E-state index contributed by atoms with van der Waals surface area (Å²) in [5, 5.41) is 9.01. The van der Waals surface area contributed by atoms with Gasteiger partial charge in [0.1, 0.15) is 0 Å². The van der Waals surface area contributed by atoms with Gasteiger partial charge in [-0.1, -0.05) is 23.7 Å². The van der Waals surface area contributed by atoms with Crippen LogP contribution in [0.5, 0.6) is 0 Å². The van der Waals surface area contributed by atoms with Crippen LogP contribution in [0.2, 0.25) is 5.02 Å². The number of halogens is 4. The molecule has 0 bridgehead atoms. The summed E-state index contributed by atoms with van der Waals surface area (Å²) in [5.41, 5.74) is -1.35. The monoisotopic (exact) mass is 507 g/mol. The van der Waals surface area contributed by atoms with Crippen molar-refractivity contribution in [2.24, 2.45) is 0 Å². The second-order valence-corrected chi connectivity index (χ2v) is 9.52. The van der Waals surface area contributed by atoms with Crippen LogP contribution < -0.4 is 9.62 Å². The number of imide groups is 1. The molecule has 0 saturated carbocycles. The van der Waals surface area contributed by atoms with Crippen LogP contribution in [0.1, 0.15) is 39.1 Å². The van der Waals surface area contributed by atoms with Gasteiger partial charge < -0.3 is 0 Å². The molecule has 0 fully saturated rings. The van der Waals surface area contributed by atoms with Crippen molar-refractivity contribution in [2.75, 3.05) is 9.62 Å². The van der Waals surface area contributed by atoms with Gasteiger partial charge in [-0.3, -0.25) is 14.3 Å². The van der Waals surface area contributed by atoms with E-state index in [2.05, 4.69) is 4.72 Å². The molecule has 0 spiro atoms. The van der Waals surface area contributed by atoms with E-state index in [-0.39, 0.29) is 38.0 Å². The first kappa shape index (κ1) is 23.5. The summed E-state index contributed by atoms with van der Waals surface area (Å²) in [6, 6.07) is 10.0. The number of alkyl halides is 3. The topological polar surface area (TPSA) is 107 Å². The second kappa shape index (κ2) is 8.30. The number of rotatable bonds is 4. The maximum absolute atomic E-state index is 13.2. The lowest BCUT2D eigenvalue weighted by Gasteiger charge is -2.18. The van der Waals surface area contributed by atoms with Gasteiger partial charge in [0.05, 0.1) is 44.1 Å². The average molecular weight is 508 g/mol. The summed E-state index contributed by atoms with van der Waals surface area (Å²) in [5.74, 6) is -1.68. The molecule has 2 aromatic rings. The summed E-state index contributed by atoms with van der Waals surface area (Å²) < 4.78 is 66.4. The van der Waals surface area contributed by atoms with Crippen LogP contribution in [-0.2, 0) is 10.0 Å². The number of hydrogen-bond acceptors (Lipinski definition) is 5. The molecule has 174 valence electrons. The highest BCUT2D eigenvalue weighted by molar-refractivity contribution is 7.96. The average Bonchev–Trinajstić information content (AvgIpc) is 3.06. The number of allylic oxidation sites excluding steroid dienone is 4. The summed E-state index contributed by atoms with van der Waals surface area (Å²) in [4.78, 5) is 26.7. The van der Waals surface area contributed by atoms with Crippen molar-refractivity contribution < 1.29 is 31.2 Å². The van der Waals surface area contributed by atoms with Gasteiger partial charge in [-0.2, -0.15) is 18.4 Å². The molecule has 0 radical (unpaired) electrons. The SMILES string of the molecule is N#Cc1cccc(N2C(=O)c3c(Cl)ccc(NS(=O)(=O)C4=CC=C(C(F)(F)F)CC4)c3C2=O)c1. The number of anilines is 2. The summed E-state index contributed by atoms with van der Waals surface area (Å²) in [6.07, 6.45) is -3.92. The lowest BCUT2D eigenvalue weighted by molar-refractivity contribution is -0.0940. The molecule has 0 unspecified atom stereocenters. The van der Waals surface area contributed by atoms with E-state index < -0.39 is 46.4 Å². The van der Waals surface area contributed by atoms with Crippen molar-refractivity contribution in [1.82, 2.24) is 0 Å². The first-order chi connectivity index (χ1) is 15.9. The number of carbonyl (C=O) groups is 2. The molecule has 4 rings (SSSR count). The van der Waals surface area contributed by atoms with E-state index >= 15 is 0 Å². The predicted molar refractivity (Wildman–Crippen MR) is 118 cm³/mol. The van der Waals surface area contributed by atoms with Gasteiger partial charge in [0, 0.05) is 5.57 Å². The van der Waals surface area contributed by atoms with Crippen molar-refractivity contribution >= 4 is 44.8 Å². The molecular formula is C22H13ClF3N3O4S. The van der Waals surface area contributed by atoms with Gasteiger partial charge in [-0.05, 0) is 49.2 Å². The highest BCUT2D eigenvalue weighted by atomic mass is 35.5. The zero-order chi connectivity index (χ0) is 24.8. The minimum Gasteiger partial charge on any atom is -0.279 e. The molecular weight excluding hydrogens is 495 g/mol. The Morgan fingerprint density at radius 3 is 2.35 bits per heavy atom. The molecule has 1 N–H and O–H groups in total. The van der Waals surface area contributed by atoms with Crippen LogP contribution in [0.4, 0.5) is 24.5 Å². The maximum Gasteiger partial charge on any atom is 0.412 e. The van der Waals surface area contributed by atoms with Gasteiger partial charge in [0.25, 0.3) is 21.8 Å². The number of amides is 2. The van der Waals surface area contributed by atoms with Crippen molar-refractivity contribution in [3.8, 4) is 6.07 Å². The van der Waals surface area contributed by atoms with E-state index in [4.69, 9.17) is 16.9 Å². The predicted octanol–water partition coefficient (Wildman–Crippen LogP) is 4.92. The van der Waals surface area contributed by atoms with Crippen molar-refractivity contribution in [1.29, 1.82) is 5.26 Å². The largest absolute Gasteiger partial charge is 0.412 e. The van der Waals surface area contributed by atoms with E-state index in [1.807, 2.05) is 6.07 Å². The molecule has 1 aliphatic heterocycles. The van der Waals surface area contributed by atoms with Crippen molar-refractivity contribution in [2.45, 2.75) is 19.0 Å². The van der Waals surface area contributed by atoms with Crippen LogP contribution in [0.15, 0.2) is 59.0 Å². The Labute approximate surface area is 196 Å². The van der Waals surface area contributed by atoms with Gasteiger partial charge in [-0.15, -0.1) is 0 Å². The normalized spacial score (nSPS) is 16.0. The first-order valence-corrected chi connectivity index (χ1v) is 11.5. The Morgan fingerprint density at radius 2 is 1.74 bits per heavy atom. The lowest BCUT2D eigenvalue weighted by Crippen LogP contribution is -2.29. The molecule has 7 nitrogen and oxygen atoms in total. The fourth-order valence-corrected chi connectivity index (χ4v) is 5.09. The molecule has 2 amide bonds. The Morgan fingerprint density at radius 1 is 1.03 bits per heavy atom. The number of sulfonamides is 1. The lowest BCUT2D eigenvalue weighted by atomic mass is 10.1. The van der Waals surface area contributed by atoms with Crippen LogP contribution in [0.3, 0.4) is 0 Å². The third kappa shape index (κ3) is 4.06. The van der Waals surface area contributed by atoms with Crippen molar-refractivity contribution in [3.63, 3.8) is 0 Å². The van der Waals surface area contributed by atoms with Crippen LogP contribution in [0.25, 0.3) is 0 Å². The van der Waals surface area contributed by atoms with E-state index in [9.17, 15) is 31.2 Å². The molecule has 1 aliphatic carbocycles. The minimum absolute atomic E-state index is 0.0925. The Balaban J connectivity index is 1.73. The Kier molecular flexibility index (Phi) is 5.75. The third-order valence-corrected chi connectivity index (χ3v) is 7.12. The Hall–Kier alpha value is -3.62. The molecule has 2 aromatic carbocycles. The highest BCUT2D eigenvalue weighted by Gasteiger charge is 2.41. The highest BCUT2D eigenvalue weighted by Crippen LogP contribution is 2.39.